The molecule has 3 aromatic rings. The topological polar surface area (TPSA) is 103 Å². The summed E-state index contributed by atoms with van der Waals surface area (Å²) in [6.07, 6.45) is 0. The molecule has 8 nitrogen and oxygen atoms in total. The molecule has 0 radical (unpaired) electrons. The fourth-order valence-electron chi connectivity index (χ4n) is 3.55. The number of fused-ring (bicyclic) bond motifs is 1. The van der Waals surface area contributed by atoms with E-state index in [1.165, 1.54) is 23.4 Å². The third-order valence-corrected chi connectivity index (χ3v) is 7.01. The molecule has 1 aromatic heterocycles. The summed E-state index contributed by atoms with van der Waals surface area (Å²) in [5.74, 6) is -0.357. The van der Waals surface area contributed by atoms with Gasteiger partial charge in [-0.1, -0.05) is 18.2 Å². The van der Waals surface area contributed by atoms with Gasteiger partial charge in [-0.3, -0.25) is 9.59 Å². The van der Waals surface area contributed by atoms with Crippen molar-refractivity contribution in [3.05, 3.63) is 60.3 Å². The lowest BCUT2D eigenvalue weighted by Gasteiger charge is -2.33. The molecule has 2 aromatic carbocycles. The van der Waals surface area contributed by atoms with E-state index in [1.807, 2.05) is 30.3 Å². The fourth-order valence-corrected chi connectivity index (χ4v) is 4.98. The van der Waals surface area contributed by atoms with Crippen molar-refractivity contribution in [1.29, 1.82) is 0 Å². The van der Waals surface area contributed by atoms with Crippen LogP contribution < -0.4 is 5.32 Å². The van der Waals surface area contributed by atoms with Gasteiger partial charge in [0.05, 0.1) is 4.90 Å². The summed E-state index contributed by atoms with van der Waals surface area (Å²) in [5, 5.41) is 3.57. The number of benzene rings is 2. The lowest BCUT2D eigenvalue weighted by Crippen LogP contribution is -2.50. The van der Waals surface area contributed by atoms with E-state index in [-0.39, 0.29) is 29.8 Å². The predicted octanol–water partition coefficient (Wildman–Crippen LogP) is 2.27. The molecular weight excluding hydrogens is 404 g/mol. The molecule has 0 aliphatic carbocycles. The highest BCUT2D eigenvalue weighted by Gasteiger charge is 2.30. The minimum atomic E-state index is -3.67. The highest BCUT2D eigenvalue weighted by atomic mass is 32.2. The van der Waals surface area contributed by atoms with Crippen LogP contribution in [0.5, 0.6) is 0 Å². The van der Waals surface area contributed by atoms with Gasteiger partial charge in [0, 0.05) is 49.7 Å². The molecule has 1 saturated heterocycles. The van der Waals surface area contributed by atoms with E-state index < -0.39 is 10.0 Å². The Hall–Kier alpha value is -3.17. The smallest absolute Gasteiger partial charge is 0.270 e. The van der Waals surface area contributed by atoms with Crippen LogP contribution in [0.2, 0.25) is 0 Å². The number of rotatable bonds is 4. The first-order valence-electron chi connectivity index (χ1n) is 9.59. The van der Waals surface area contributed by atoms with Crippen molar-refractivity contribution in [1.82, 2.24) is 14.2 Å². The molecule has 0 unspecified atom stereocenters. The van der Waals surface area contributed by atoms with Crippen LogP contribution in [0.25, 0.3) is 10.9 Å². The second-order valence-corrected chi connectivity index (χ2v) is 9.11. The molecule has 0 bridgehead atoms. The molecule has 4 rings (SSSR count). The van der Waals surface area contributed by atoms with Crippen molar-refractivity contribution in [2.75, 3.05) is 31.5 Å². The van der Waals surface area contributed by atoms with Crippen molar-refractivity contribution in [2.24, 2.45) is 0 Å². The zero-order chi connectivity index (χ0) is 21.3. The Bertz CT molecular complexity index is 1160. The first kappa shape index (κ1) is 20.1. The molecule has 30 heavy (non-hydrogen) atoms. The Morgan fingerprint density at radius 2 is 1.63 bits per heavy atom. The van der Waals surface area contributed by atoms with E-state index >= 15 is 0 Å². The minimum absolute atomic E-state index is 0.136. The van der Waals surface area contributed by atoms with Gasteiger partial charge in [0.15, 0.2) is 0 Å². The summed E-state index contributed by atoms with van der Waals surface area (Å²) in [6.45, 7) is 2.47. The van der Waals surface area contributed by atoms with Gasteiger partial charge in [0.1, 0.15) is 5.69 Å². The van der Waals surface area contributed by atoms with Gasteiger partial charge in [-0.15, -0.1) is 0 Å². The quantitative estimate of drug-likeness (QED) is 0.668. The molecule has 2 heterocycles. The predicted molar refractivity (Wildman–Crippen MR) is 114 cm³/mol. The van der Waals surface area contributed by atoms with Crippen LogP contribution in [-0.4, -0.2) is 60.6 Å². The molecule has 0 saturated carbocycles. The standard InChI is InChI=1S/C21H22N4O4S/c1-15(26)22-17-6-8-18(9-7-17)30(28,29)25-12-10-24(11-13-25)21(27)20-14-16-4-2-3-5-19(16)23-20/h2-9,14,23H,10-13H2,1H3,(H,22,26). The number of carbonyl (C=O) groups is 2. The Morgan fingerprint density at radius 1 is 0.967 bits per heavy atom. The van der Waals surface area contributed by atoms with Crippen LogP contribution in [0, 0.1) is 0 Å². The van der Waals surface area contributed by atoms with Gasteiger partial charge in [-0.2, -0.15) is 4.31 Å². The molecule has 2 amide bonds. The van der Waals surface area contributed by atoms with Crippen LogP contribution >= 0.6 is 0 Å². The third-order valence-electron chi connectivity index (χ3n) is 5.10. The molecule has 0 atom stereocenters. The highest BCUT2D eigenvalue weighted by molar-refractivity contribution is 7.89. The van der Waals surface area contributed by atoms with Gasteiger partial charge in [-0.25, -0.2) is 8.42 Å². The Labute approximate surface area is 174 Å². The zero-order valence-corrected chi connectivity index (χ0v) is 17.3. The largest absolute Gasteiger partial charge is 0.351 e. The molecule has 156 valence electrons. The van der Waals surface area contributed by atoms with Crippen molar-refractivity contribution in [2.45, 2.75) is 11.8 Å². The highest BCUT2D eigenvalue weighted by Crippen LogP contribution is 2.21. The number of sulfonamides is 1. The Balaban J connectivity index is 1.43. The van der Waals surface area contributed by atoms with E-state index in [4.69, 9.17) is 0 Å². The maximum Gasteiger partial charge on any atom is 0.270 e. The van der Waals surface area contributed by atoms with Crippen LogP contribution in [-0.2, 0) is 14.8 Å². The average molecular weight is 426 g/mol. The second-order valence-electron chi connectivity index (χ2n) is 7.17. The average Bonchev–Trinajstić information content (AvgIpc) is 3.17. The number of amides is 2. The number of aromatic amines is 1. The number of hydrogen-bond acceptors (Lipinski definition) is 4. The number of H-pyrrole nitrogens is 1. The van der Waals surface area contributed by atoms with Gasteiger partial charge in [0.2, 0.25) is 15.9 Å². The van der Waals surface area contributed by atoms with Gasteiger partial charge < -0.3 is 15.2 Å². The SMILES string of the molecule is CC(=O)Nc1ccc(S(=O)(=O)N2CCN(C(=O)c3cc4ccccc4[nH]3)CC2)cc1. The maximum absolute atomic E-state index is 12.9. The first-order chi connectivity index (χ1) is 14.3. The van der Waals surface area contributed by atoms with Crippen molar-refractivity contribution >= 4 is 38.4 Å². The number of carbonyl (C=O) groups excluding carboxylic acids is 2. The molecule has 1 fully saturated rings. The summed E-state index contributed by atoms with van der Waals surface area (Å²) in [4.78, 5) is 28.9. The molecule has 2 N–H and O–H groups in total. The van der Waals surface area contributed by atoms with Crippen LogP contribution in [0.15, 0.2) is 59.5 Å². The summed E-state index contributed by atoms with van der Waals surface area (Å²) < 4.78 is 27.2. The number of anilines is 1. The van der Waals surface area contributed by atoms with Crippen molar-refractivity contribution in [3.8, 4) is 0 Å². The molecular formula is C21H22N4O4S. The summed E-state index contributed by atoms with van der Waals surface area (Å²) in [5.41, 5.74) is 1.93. The van der Waals surface area contributed by atoms with Crippen molar-refractivity contribution in [3.63, 3.8) is 0 Å². The number of aromatic nitrogens is 1. The minimum Gasteiger partial charge on any atom is -0.351 e. The number of nitrogens with zero attached hydrogens (tertiary/aromatic N) is 2. The molecule has 1 aliphatic heterocycles. The number of para-hydroxylation sites is 1. The van der Waals surface area contributed by atoms with Gasteiger partial charge in [-0.05, 0) is 36.4 Å². The maximum atomic E-state index is 12.9. The number of piperazine rings is 1. The molecule has 9 heteroatoms. The van der Waals surface area contributed by atoms with E-state index in [2.05, 4.69) is 10.3 Å². The fraction of sp³-hybridized carbons (Fsp3) is 0.238. The summed E-state index contributed by atoms with van der Waals surface area (Å²) in [7, 11) is -3.67. The third kappa shape index (κ3) is 3.94. The van der Waals surface area contributed by atoms with E-state index in [9.17, 15) is 18.0 Å². The monoisotopic (exact) mass is 426 g/mol. The van der Waals surface area contributed by atoms with Gasteiger partial charge >= 0.3 is 0 Å². The van der Waals surface area contributed by atoms with Gasteiger partial charge in [0.25, 0.3) is 5.91 Å². The lowest BCUT2D eigenvalue weighted by molar-refractivity contribution is -0.114. The summed E-state index contributed by atoms with van der Waals surface area (Å²) >= 11 is 0. The lowest BCUT2D eigenvalue weighted by atomic mass is 10.2. The van der Waals surface area contributed by atoms with E-state index in [0.29, 0.717) is 24.5 Å². The van der Waals surface area contributed by atoms with Crippen molar-refractivity contribution < 1.29 is 18.0 Å². The molecule has 0 spiro atoms. The van der Waals surface area contributed by atoms with Crippen LogP contribution in [0.1, 0.15) is 17.4 Å². The van der Waals surface area contributed by atoms with E-state index in [0.717, 1.165) is 10.9 Å². The Morgan fingerprint density at radius 3 is 2.27 bits per heavy atom. The van der Waals surface area contributed by atoms with Crippen LogP contribution in [0.3, 0.4) is 0 Å². The normalized spacial score (nSPS) is 15.3. The van der Waals surface area contributed by atoms with Crippen LogP contribution in [0.4, 0.5) is 5.69 Å². The Kier molecular flexibility index (Phi) is 5.31. The molecule has 1 aliphatic rings. The zero-order valence-electron chi connectivity index (χ0n) is 16.5. The summed E-state index contributed by atoms with van der Waals surface area (Å²) in [6, 6.07) is 15.5. The second kappa shape index (κ2) is 7.92. The number of hydrogen-bond donors (Lipinski definition) is 2. The first-order valence-corrected chi connectivity index (χ1v) is 11.0. The number of nitrogens with one attached hydrogen (secondary N) is 2. The van der Waals surface area contributed by atoms with E-state index in [1.54, 1.807) is 17.0 Å².